The van der Waals surface area contributed by atoms with E-state index in [1.54, 1.807) is 18.2 Å². The number of rotatable bonds is 1. The summed E-state index contributed by atoms with van der Waals surface area (Å²) in [5.74, 6) is -0.499. The standard InChI is InChI=1S/C15H11FN2O2/c1-9-3-2-4-11(7-9)18-14(19)12-6-5-10(16)8-13(12)17-15(18)20/h2-8H,1H3,(H,17,20). The molecule has 0 aliphatic heterocycles. The van der Waals surface area contributed by atoms with Gasteiger partial charge >= 0.3 is 5.69 Å². The number of aromatic nitrogens is 2. The van der Waals surface area contributed by atoms with Crippen LogP contribution >= 0.6 is 0 Å². The van der Waals surface area contributed by atoms with Crippen molar-refractivity contribution in [3.63, 3.8) is 0 Å². The van der Waals surface area contributed by atoms with Crippen LogP contribution in [0.25, 0.3) is 16.6 Å². The summed E-state index contributed by atoms with van der Waals surface area (Å²) in [5.41, 5.74) is 0.576. The monoisotopic (exact) mass is 270 g/mol. The first-order chi connectivity index (χ1) is 9.56. The molecule has 0 atom stereocenters. The maximum Gasteiger partial charge on any atom is 0.333 e. The van der Waals surface area contributed by atoms with Crippen molar-refractivity contribution in [2.75, 3.05) is 0 Å². The first-order valence-corrected chi connectivity index (χ1v) is 6.08. The van der Waals surface area contributed by atoms with E-state index in [0.29, 0.717) is 5.69 Å². The van der Waals surface area contributed by atoms with Crippen molar-refractivity contribution >= 4 is 10.9 Å². The fraction of sp³-hybridized carbons (Fsp3) is 0.0667. The molecule has 0 fully saturated rings. The highest BCUT2D eigenvalue weighted by molar-refractivity contribution is 5.77. The Balaban J connectivity index is 2.41. The van der Waals surface area contributed by atoms with Crippen molar-refractivity contribution in [3.8, 4) is 5.69 Å². The van der Waals surface area contributed by atoms with E-state index >= 15 is 0 Å². The molecular weight excluding hydrogens is 259 g/mol. The molecular formula is C15H11FN2O2. The van der Waals surface area contributed by atoms with Crippen LogP contribution in [0, 0.1) is 12.7 Å². The maximum absolute atomic E-state index is 13.1. The number of benzene rings is 2. The van der Waals surface area contributed by atoms with Crippen molar-refractivity contribution in [1.29, 1.82) is 0 Å². The zero-order chi connectivity index (χ0) is 14.3. The van der Waals surface area contributed by atoms with Gasteiger partial charge in [-0.15, -0.1) is 0 Å². The number of aromatic amines is 1. The summed E-state index contributed by atoms with van der Waals surface area (Å²) in [5, 5.41) is 0.271. The maximum atomic E-state index is 13.1. The topological polar surface area (TPSA) is 54.9 Å². The highest BCUT2D eigenvalue weighted by atomic mass is 19.1. The van der Waals surface area contributed by atoms with Crippen LogP contribution in [-0.2, 0) is 0 Å². The highest BCUT2D eigenvalue weighted by Gasteiger charge is 2.10. The third kappa shape index (κ3) is 1.93. The molecule has 0 saturated carbocycles. The van der Waals surface area contributed by atoms with Gasteiger partial charge in [0.2, 0.25) is 0 Å². The third-order valence-corrected chi connectivity index (χ3v) is 3.12. The molecule has 4 nitrogen and oxygen atoms in total. The minimum atomic E-state index is -0.585. The molecule has 0 radical (unpaired) electrons. The van der Waals surface area contributed by atoms with Gasteiger partial charge in [-0.25, -0.2) is 13.8 Å². The van der Waals surface area contributed by atoms with E-state index in [9.17, 15) is 14.0 Å². The van der Waals surface area contributed by atoms with Crippen LogP contribution in [-0.4, -0.2) is 9.55 Å². The van der Waals surface area contributed by atoms with Crippen molar-refractivity contribution in [3.05, 3.63) is 74.7 Å². The Morgan fingerprint density at radius 2 is 1.90 bits per heavy atom. The molecule has 3 rings (SSSR count). The summed E-state index contributed by atoms with van der Waals surface area (Å²) in [7, 11) is 0. The Morgan fingerprint density at radius 1 is 1.10 bits per heavy atom. The molecule has 0 spiro atoms. The third-order valence-electron chi connectivity index (χ3n) is 3.12. The van der Waals surface area contributed by atoms with Gasteiger partial charge < -0.3 is 4.98 Å². The van der Waals surface area contributed by atoms with Crippen molar-refractivity contribution in [2.45, 2.75) is 6.92 Å². The largest absolute Gasteiger partial charge is 0.333 e. The highest BCUT2D eigenvalue weighted by Crippen LogP contribution is 2.10. The number of halogens is 1. The zero-order valence-electron chi connectivity index (χ0n) is 10.7. The van der Waals surface area contributed by atoms with Gasteiger partial charge in [-0.3, -0.25) is 4.79 Å². The summed E-state index contributed by atoms with van der Waals surface area (Å²) in [6, 6.07) is 10.8. The van der Waals surface area contributed by atoms with Gasteiger partial charge in [0, 0.05) is 0 Å². The zero-order valence-corrected chi connectivity index (χ0v) is 10.7. The minimum Gasteiger partial charge on any atom is -0.306 e. The molecule has 0 aliphatic carbocycles. The van der Waals surface area contributed by atoms with Gasteiger partial charge in [-0.1, -0.05) is 12.1 Å². The SMILES string of the molecule is Cc1cccc(-n2c(=O)[nH]c3cc(F)ccc3c2=O)c1. The Labute approximate surface area is 113 Å². The summed E-state index contributed by atoms with van der Waals surface area (Å²) < 4.78 is 14.2. The number of hydrogen-bond donors (Lipinski definition) is 1. The van der Waals surface area contributed by atoms with E-state index in [2.05, 4.69) is 4.98 Å². The second-order valence-electron chi connectivity index (χ2n) is 4.60. The molecule has 0 bridgehead atoms. The van der Waals surface area contributed by atoms with Crippen LogP contribution in [0.15, 0.2) is 52.1 Å². The second kappa shape index (κ2) is 4.45. The van der Waals surface area contributed by atoms with Crippen LogP contribution < -0.4 is 11.2 Å². The summed E-state index contributed by atoms with van der Waals surface area (Å²) in [4.78, 5) is 27.0. The predicted octanol–water partition coefficient (Wildman–Crippen LogP) is 2.13. The van der Waals surface area contributed by atoms with Gasteiger partial charge in [-0.2, -0.15) is 0 Å². The second-order valence-corrected chi connectivity index (χ2v) is 4.60. The van der Waals surface area contributed by atoms with E-state index in [1.807, 2.05) is 13.0 Å². The van der Waals surface area contributed by atoms with Crippen molar-refractivity contribution < 1.29 is 4.39 Å². The molecule has 1 aromatic heterocycles. The number of H-pyrrole nitrogens is 1. The Hall–Kier alpha value is -2.69. The summed E-state index contributed by atoms with van der Waals surface area (Å²) >= 11 is 0. The molecule has 20 heavy (non-hydrogen) atoms. The molecule has 0 amide bonds. The van der Waals surface area contributed by atoms with E-state index in [4.69, 9.17) is 0 Å². The number of nitrogens with zero attached hydrogens (tertiary/aromatic N) is 1. The molecule has 2 aromatic carbocycles. The van der Waals surface area contributed by atoms with E-state index in [1.165, 1.54) is 12.1 Å². The van der Waals surface area contributed by atoms with Crippen LogP contribution in [0.3, 0.4) is 0 Å². The van der Waals surface area contributed by atoms with Crippen LogP contribution in [0.2, 0.25) is 0 Å². The number of nitrogens with one attached hydrogen (secondary N) is 1. The van der Waals surface area contributed by atoms with Gasteiger partial charge in [0.1, 0.15) is 5.82 Å². The Kier molecular flexibility index (Phi) is 2.75. The van der Waals surface area contributed by atoms with Gasteiger partial charge in [0.05, 0.1) is 16.6 Å². The average molecular weight is 270 g/mol. The van der Waals surface area contributed by atoms with Gasteiger partial charge in [0.25, 0.3) is 5.56 Å². The average Bonchev–Trinajstić information content (AvgIpc) is 2.38. The van der Waals surface area contributed by atoms with Crippen molar-refractivity contribution in [2.24, 2.45) is 0 Å². The lowest BCUT2D eigenvalue weighted by Gasteiger charge is -2.07. The molecule has 3 aromatic rings. The fourth-order valence-electron chi connectivity index (χ4n) is 2.19. The minimum absolute atomic E-state index is 0.198. The van der Waals surface area contributed by atoms with Crippen LogP contribution in [0.5, 0.6) is 0 Å². The van der Waals surface area contributed by atoms with Crippen LogP contribution in [0.4, 0.5) is 4.39 Å². The van der Waals surface area contributed by atoms with Crippen molar-refractivity contribution in [1.82, 2.24) is 9.55 Å². The number of aryl methyl sites for hydroxylation is 1. The molecule has 0 unspecified atom stereocenters. The molecule has 1 N–H and O–H groups in total. The van der Waals surface area contributed by atoms with E-state index in [-0.39, 0.29) is 10.9 Å². The van der Waals surface area contributed by atoms with Crippen LogP contribution in [0.1, 0.15) is 5.56 Å². The van der Waals surface area contributed by atoms with Gasteiger partial charge in [-0.05, 0) is 42.8 Å². The van der Waals surface area contributed by atoms with E-state index in [0.717, 1.165) is 16.2 Å². The summed E-state index contributed by atoms with van der Waals surface area (Å²) in [6.07, 6.45) is 0. The lowest BCUT2D eigenvalue weighted by atomic mass is 10.2. The lowest BCUT2D eigenvalue weighted by Crippen LogP contribution is -2.33. The molecule has 1 heterocycles. The first-order valence-electron chi connectivity index (χ1n) is 6.08. The smallest absolute Gasteiger partial charge is 0.306 e. The number of fused-ring (bicyclic) bond motifs is 1. The lowest BCUT2D eigenvalue weighted by molar-refractivity contribution is 0.629. The normalized spacial score (nSPS) is 10.9. The Morgan fingerprint density at radius 3 is 2.65 bits per heavy atom. The summed E-state index contributed by atoms with van der Waals surface area (Å²) in [6.45, 7) is 1.87. The van der Waals surface area contributed by atoms with Gasteiger partial charge in [0.15, 0.2) is 0 Å². The quantitative estimate of drug-likeness (QED) is 0.736. The molecule has 0 saturated heterocycles. The molecule has 5 heteroatoms. The number of hydrogen-bond acceptors (Lipinski definition) is 2. The Bertz CT molecular complexity index is 925. The van der Waals surface area contributed by atoms with E-state index < -0.39 is 17.1 Å². The first kappa shape index (κ1) is 12.3. The molecule has 100 valence electrons. The fourth-order valence-corrected chi connectivity index (χ4v) is 2.19. The molecule has 0 aliphatic rings. The predicted molar refractivity (Wildman–Crippen MR) is 74.9 cm³/mol.